The number of aliphatic hydroxyl groups excluding tert-OH is 1. The third-order valence-electron chi connectivity index (χ3n) is 3.30. The molecular formula is C15H20O3. The Balaban J connectivity index is 1.92. The van der Waals surface area contributed by atoms with Gasteiger partial charge in [0.15, 0.2) is 0 Å². The number of rotatable bonds is 7. The molecule has 0 aliphatic carbocycles. The lowest BCUT2D eigenvalue weighted by Crippen LogP contribution is -2.28. The van der Waals surface area contributed by atoms with Crippen molar-refractivity contribution in [2.75, 3.05) is 6.61 Å². The maximum Gasteiger partial charge on any atom is 0.113 e. The highest BCUT2D eigenvalue weighted by molar-refractivity contribution is 5.13. The molecule has 0 bridgehead atoms. The van der Waals surface area contributed by atoms with Crippen molar-refractivity contribution < 1.29 is 14.6 Å². The molecule has 2 rings (SSSR count). The van der Waals surface area contributed by atoms with Gasteiger partial charge in [-0.1, -0.05) is 43.3 Å². The first-order valence-electron chi connectivity index (χ1n) is 6.30. The molecule has 1 saturated heterocycles. The predicted octanol–water partition coefficient (Wildman–Crippen LogP) is 2.15. The molecule has 1 aliphatic heterocycles. The van der Waals surface area contributed by atoms with Crippen molar-refractivity contribution in [3.63, 3.8) is 0 Å². The zero-order chi connectivity index (χ0) is 13.0. The highest BCUT2D eigenvalue weighted by atomic mass is 16.6. The minimum atomic E-state index is -0.0758. The fourth-order valence-corrected chi connectivity index (χ4v) is 2.04. The van der Waals surface area contributed by atoms with E-state index >= 15 is 0 Å². The second-order valence-corrected chi connectivity index (χ2v) is 4.68. The van der Waals surface area contributed by atoms with Crippen LogP contribution in [0.2, 0.25) is 0 Å². The number of ether oxygens (including phenoxy) is 2. The summed E-state index contributed by atoms with van der Waals surface area (Å²) in [5.41, 5.74) is 1.14. The van der Waals surface area contributed by atoms with Crippen molar-refractivity contribution in [2.45, 2.75) is 31.8 Å². The SMILES string of the molecule is C=C[C@H](C)[C@@H](OCc1ccccc1)[C@H]1O[C@@H]1CO. The highest BCUT2D eigenvalue weighted by Crippen LogP contribution is 2.31. The quantitative estimate of drug-likeness (QED) is 0.594. The first kappa shape index (κ1) is 13.3. The molecule has 1 heterocycles. The van der Waals surface area contributed by atoms with Crippen molar-refractivity contribution in [2.24, 2.45) is 5.92 Å². The van der Waals surface area contributed by atoms with Gasteiger partial charge in [0.05, 0.1) is 19.3 Å². The molecule has 0 radical (unpaired) electrons. The number of aliphatic hydroxyl groups is 1. The van der Waals surface area contributed by atoms with Gasteiger partial charge in [-0.3, -0.25) is 0 Å². The van der Waals surface area contributed by atoms with Gasteiger partial charge in [-0.2, -0.15) is 0 Å². The van der Waals surface area contributed by atoms with Crippen LogP contribution in [0.1, 0.15) is 12.5 Å². The summed E-state index contributed by atoms with van der Waals surface area (Å²) in [6, 6.07) is 10.0. The summed E-state index contributed by atoms with van der Waals surface area (Å²) in [7, 11) is 0. The summed E-state index contributed by atoms with van der Waals surface area (Å²) < 4.78 is 11.3. The van der Waals surface area contributed by atoms with Crippen LogP contribution in [0.4, 0.5) is 0 Å². The third-order valence-corrected chi connectivity index (χ3v) is 3.30. The summed E-state index contributed by atoms with van der Waals surface area (Å²) in [5, 5.41) is 9.06. The van der Waals surface area contributed by atoms with E-state index in [0.29, 0.717) is 6.61 Å². The van der Waals surface area contributed by atoms with Crippen molar-refractivity contribution in [3.05, 3.63) is 48.6 Å². The fraction of sp³-hybridized carbons (Fsp3) is 0.467. The Hall–Kier alpha value is -1.16. The molecule has 3 heteroatoms. The molecule has 18 heavy (non-hydrogen) atoms. The predicted molar refractivity (Wildman–Crippen MR) is 70.1 cm³/mol. The molecule has 1 aromatic carbocycles. The molecule has 1 fully saturated rings. The zero-order valence-corrected chi connectivity index (χ0v) is 10.7. The van der Waals surface area contributed by atoms with Crippen LogP contribution in [-0.2, 0) is 16.1 Å². The Kier molecular flexibility index (Phi) is 4.53. The van der Waals surface area contributed by atoms with Crippen LogP contribution >= 0.6 is 0 Å². The largest absolute Gasteiger partial charge is 0.394 e. The second kappa shape index (κ2) is 6.14. The Bertz CT molecular complexity index is 377. The van der Waals surface area contributed by atoms with Gasteiger partial charge in [-0.25, -0.2) is 0 Å². The lowest BCUT2D eigenvalue weighted by atomic mass is 10.0. The summed E-state index contributed by atoms with van der Waals surface area (Å²) in [4.78, 5) is 0. The molecule has 0 unspecified atom stereocenters. The summed E-state index contributed by atoms with van der Waals surface area (Å²) in [5.74, 6) is 0.204. The molecule has 98 valence electrons. The van der Waals surface area contributed by atoms with E-state index in [1.165, 1.54) is 0 Å². The maximum absolute atomic E-state index is 9.06. The van der Waals surface area contributed by atoms with E-state index in [-0.39, 0.29) is 30.8 Å². The first-order valence-corrected chi connectivity index (χ1v) is 6.30. The molecule has 0 aromatic heterocycles. The number of benzene rings is 1. The Morgan fingerprint density at radius 3 is 2.72 bits per heavy atom. The minimum absolute atomic E-state index is 0.00767. The van der Waals surface area contributed by atoms with E-state index in [2.05, 4.69) is 13.5 Å². The topological polar surface area (TPSA) is 42.0 Å². The van der Waals surface area contributed by atoms with Crippen LogP contribution in [0.5, 0.6) is 0 Å². The average molecular weight is 248 g/mol. The number of hydrogen-bond donors (Lipinski definition) is 1. The molecule has 1 N–H and O–H groups in total. The van der Waals surface area contributed by atoms with Gasteiger partial charge in [-0.15, -0.1) is 6.58 Å². The smallest absolute Gasteiger partial charge is 0.113 e. The Labute approximate surface area is 108 Å². The van der Waals surface area contributed by atoms with Crippen LogP contribution in [0.3, 0.4) is 0 Å². The molecule has 3 nitrogen and oxygen atoms in total. The van der Waals surface area contributed by atoms with E-state index < -0.39 is 0 Å². The van der Waals surface area contributed by atoms with E-state index in [0.717, 1.165) is 5.56 Å². The van der Waals surface area contributed by atoms with Gasteiger partial charge in [0, 0.05) is 5.92 Å². The molecule has 0 amide bonds. The first-order chi connectivity index (χ1) is 8.76. The standard InChI is InChI=1S/C15H20O3/c1-3-11(2)14(15-13(9-16)18-15)17-10-12-7-5-4-6-8-12/h3-8,11,13-16H,1,9-10H2,2H3/t11-,13+,14+,15-/m0/s1. The molecule has 4 atom stereocenters. The van der Waals surface area contributed by atoms with Gasteiger partial charge < -0.3 is 14.6 Å². The van der Waals surface area contributed by atoms with Gasteiger partial charge in [-0.05, 0) is 5.56 Å². The fourth-order valence-electron chi connectivity index (χ4n) is 2.04. The van der Waals surface area contributed by atoms with Crippen LogP contribution in [0.25, 0.3) is 0 Å². The highest BCUT2D eigenvalue weighted by Gasteiger charge is 2.46. The van der Waals surface area contributed by atoms with Crippen LogP contribution in [-0.4, -0.2) is 30.0 Å². The molecular weight excluding hydrogens is 228 g/mol. The number of hydrogen-bond acceptors (Lipinski definition) is 3. The Morgan fingerprint density at radius 1 is 1.44 bits per heavy atom. The molecule has 0 spiro atoms. The molecule has 0 saturated carbocycles. The lowest BCUT2D eigenvalue weighted by molar-refractivity contribution is -0.000104. The van der Waals surface area contributed by atoms with E-state index in [9.17, 15) is 0 Å². The van der Waals surface area contributed by atoms with Crippen molar-refractivity contribution in [1.29, 1.82) is 0 Å². The van der Waals surface area contributed by atoms with Crippen LogP contribution in [0.15, 0.2) is 43.0 Å². The molecule has 1 aliphatic rings. The van der Waals surface area contributed by atoms with Gasteiger partial charge in [0.25, 0.3) is 0 Å². The minimum Gasteiger partial charge on any atom is -0.394 e. The average Bonchev–Trinajstić information content (AvgIpc) is 3.19. The van der Waals surface area contributed by atoms with Gasteiger partial charge in [0.1, 0.15) is 12.2 Å². The normalized spacial score (nSPS) is 25.4. The monoisotopic (exact) mass is 248 g/mol. The molecule has 1 aromatic rings. The van der Waals surface area contributed by atoms with Crippen molar-refractivity contribution >= 4 is 0 Å². The van der Waals surface area contributed by atoms with E-state index in [1.54, 1.807) is 0 Å². The van der Waals surface area contributed by atoms with E-state index in [1.807, 2.05) is 36.4 Å². The van der Waals surface area contributed by atoms with Crippen molar-refractivity contribution in [1.82, 2.24) is 0 Å². The van der Waals surface area contributed by atoms with Crippen LogP contribution in [0, 0.1) is 5.92 Å². The third kappa shape index (κ3) is 3.19. The zero-order valence-electron chi connectivity index (χ0n) is 10.7. The summed E-state index contributed by atoms with van der Waals surface area (Å²) in [6.07, 6.45) is 1.74. The van der Waals surface area contributed by atoms with Crippen molar-refractivity contribution in [3.8, 4) is 0 Å². The lowest BCUT2D eigenvalue weighted by Gasteiger charge is -2.20. The van der Waals surface area contributed by atoms with E-state index in [4.69, 9.17) is 14.6 Å². The second-order valence-electron chi connectivity index (χ2n) is 4.68. The van der Waals surface area contributed by atoms with Crippen LogP contribution < -0.4 is 0 Å². The Morgan fingerprint density at radius 2 is 2.17 bits per heavy atom. The van der Waals surface area contributed by atoms with Gasteiger partial charge >= 0.3 is 0 Å². The number of epoxide rings is 1. The summed E-state index contributed by atoms with van der Waals surface area (Å²) in [6.45, 7) is 6.47. The van der Waals surface area contributed by atoms with Gasteiger partial charge in [0.2, 0.25) is 0 Å². The summed E-state index contributed by atoms with van der Waals surface area (Å²) >= 11 is 0. The maximum atomic E-state index is 9.06.